The lowest BCUT2D eigenvalue weighted by Crippen LogP contribution is -1.96. The Bertz CT molecular complexity index is 254. The van der Waals surface area contributed by atoms with Crippen LogP contribution in [-0.4, -0.2) is 13.7 Å². The van der Waals surface area contributed by atoms with Crippen molar-refractivity contribution in [1.82, 2.24) is 0 Å². The van der Waals surface area contributed by atoms with Gasteiger partial charge < -0.3 is 4.52 Å². The standard InChI is InChI=1S/C9H17Cl2O4P/c1-3-4-5-6-7-14-16(12,13-2)15-8-9(10)11/h8H,3-7H2,1-2H3. The normalized spacial score (nSPS) is 14.2. The molecule has 0 aromatic carbocycles. The third-order valence-electron chi connectivity index (χ3n) is 1.74. The van der Waals surface area contributed by atoms with Gasteiger partial charge in [-0.15, -0.1) is 0 Å². The van der Waals surface area contributed by atoms with Gasteiger partial charge in [0.1, 0.15) is 10.8 Å². The lowest BCUT2D eigenvalue weighted by Gasteiger charge is -2.13. The molecule has 0 bridgehead atoms. The fraction of sp³-hybridized carbons (Fsp3) is 0.778. The van der Waals surface area contributed by atoms with Crippen molar-refractivity contribution in [2.24, 2.45) is 0 Å². The van der Waals surface area contributed by atoms with Crippen LogP contribution in [-0.2, 0) is 18.1 Å². The Balaban J connectivity index is 3.88. The van der Waals surface area contributed by atoms with Crippen LogP contribution in [0.5, 0.6) is 0 Å². The maximum atomic E-state index is 11.7. The molecular formula is C9H17Cl2O4P. The van der Waals surface area contributed by atoms with Gasteiger partial charge in [-0.2, -0.15) is 0 Å². The highest BCUT2D eigenvalue weighted by Crippen LogP contribution is 2.49. The second-order valence-corrected chi connectivity index (χ2v) is 5.77. The minimum absolute atomic E-state index is 0.146. The van der Waals surface area contributed by atoms with Gasteiger partial charge in [-0.3, -0.25) is 9.05 Å². The first-order valence-electron chi connectivity index (χ1n) is 5.04. The van der Waals surface area contributed by atoms with Crippen molar-refractivity contribution < 1.29 is 18.1 Å². The predicted molar refractivity (Wildman–Crippen MR) is 65.6 cm³/mol. The highest BCUT2D eigenvalue weighted by Gasteiger charge is 2.24. The number of hydrogen-bond donors (Lipinski definition) is 0. The smallest absolute Gasteiger partial charge is 0.409 e. The van der Waals surface area contributed by atoms with Crippen LogP contribution >= 0.6 is 31.0 Å². The molecule has 0 spiro atoms. The van der Waals surface area contributed by atoms with Crippen LogP contribution in [0.15, 0.2) is 10.8 Å². The molecule has 0 saturated heterocycles. The largest absolute Gasteiger partial charge is 0.529 e. The molecule has 0 rings (SSSR count). The van der Waals surface area contributed by atoms with E-state index in [1.807, 2.05) is 0 Å². The molecular weight excluding hydrogens is 274 g/mol. The minimum atomic E-state index is -3.55. The first-order valence-corrected chi connectivity index (χ1v) is 7.25. The molecule has 1 unspecified atom stereocenters. The average molecular weight is 291 g/mol. The molecule has 0 aliphatic heterocycles. The van der Waals surface area contributed by atoms with E-state index in [1.165, 1.54) is 7.11 Å². The van der Waals surface area contributed by atoms with Crippen molar-refractivity contribution in [1.29, 1.82) is 0 Å². The Morgan fingerprint density at radius 2 is 2.00 bits per heavy atom. The third kappa shape index (κ3) is 8.43. The van der Waals surface area contributed by atoms with E-state index in [9.17, 15) is 4.57 Å². The number of phosphoric acid groups is 1. The van der Waals surface area contributed by atoms with Gasteiger partial charge in [0.05, 0.1) is 6.61 Å². The molecule has 7 heteroatoms. The van der Waals surface area contributed by atoms with E-state index in [1.54, 1.807) is 0 Å². The van der Waals surface area contributed by atoms with Crippen molar-refractivity contribution in [3.63, 3.8) is 0 Å². The van der Waals surface area contributed by atoms with Crippen molar-refractivity contribution in [3.8, 4) is 0 Å². The quantitative estimate of drug-likeness (QED) is 0.353. The fourth-order valence-electron chi connectivity index (χ4n) is 0.936. The zero-order valence-electron chi connectivity index (χ0n) is 9.45. The van der Waals surface area contributed by atoms with Gasteiger partial charge in [0.2, 0.25) is 0 Å². The van der Waals surface area contributed by atoms with E-state index in [-0.39, 0.29) is 4.49 Å². The molecule has 0 aliphatic rings. The van der Waals surface area contributed by atoms with Crippen LogP contribution in [0.2, 0.25) is 0 Å². The summed E-state index contributed by atoms with van der Waals surface area (Å²) in [4.78, 5) is 0. The zero-order chi connectivity index (χ0) is 12.4. The molecule has 0 aromatic heterocycles. The summed E-state index contributed by atoms with van der Waals surface area (Å²) in [5, 5.41) is 0. The highest BCUT2D eigenvalue weighted by molar-refractivity contribution is 7.48. The number of unbranched alkanes of at least 4 members (excludes halogenated alkanes) is 3. The second kappa shape index (κ2) is 9.32. The molecule has 0 heterocycles. The van der Waals surface area contributed by atoms with Gasteiger partial charge in [0.25, 0.3) is 0 Å². The Morgan fingerprint density at radius 1 is 1.31 bits per heavy atom. The van der Waals surface area contributed by atoms with Gasteiger partial charge in [-0.25, -0.2) is 4.57 Å². The van der Waals surface area contributed by atoms with Gasteiger partial charge >= 0.3 is 7.82 Å². The van der Waals surface area contributed by atoms with Crippen molar-refractivity contribution in [2.75, 3.05) is 13.7 Å². The van der Waals surface area contributed by atoms with Crippen LogP contribution in [0, 0.1) is 0 Å². The van der Waals surface area contributed by atoms with Crippen LogP contribution in [0.4, 0.5) is 0 Å². The second-order valence-electron chi connectivity index (χ2n) is 3.04. The summed E-state index contributed by atoms with van der Waals surface area (Å²) in [5.41, 5.74) is 0. The Hall–Kier alpha value is 0.270. The van der Waals surface area contributed by atoms with Crippen LogP contribution in [0.3, 0.4) is 0 Å². The first kappa shape index (κ1) is 16.3. The minimum Gasteiger partial charge on any atom is -0.409 e. The number of halogens is 2. The van der Waals surface area contributed by atoms with Gasteiger partial charge in [-0.05, 0) is 6.42 Å². The molecule has 0 amide bonds. The fourth-order valence-corrected chi connectivity index (χ4v) is 1.99. The molecule has 0 N–H and O–H groups in total. The van der Waals surface area contributed by atoms with E-state index in [4.69, 9.17) is 32.2 Å². The summed E-state index contributed by atoms with van der Waals surface area (Å²) < 4.78 is 25.9. The zero-order valence-corrected chi connectivity index (χ0v) is 11.9. The topological polar surface area (TPSA) is 44.8 Å². The molecule has 4 nitrogen and oxygen atoms in total. The summed E-state index contributed by atoms with van der Waals surface area (Å²) in [6, 6.07) is 0. The molecule has 0 fully saturated rings. The Kier molecular flexibility index (Phi) is 9.47. The van der Waals surface area contributed by atoms with E-state index >= 15 is 0 Å². The summed E-state index contributed by atoms with van der Waals surface area (Å²) in [6.45, 7) is 2.43. The first-order chi connectivity index (χ1) is 7.54. The Morgan fingerprint density at radius 3 is 2.50 bits per heavy atom. The van der Waals surface area contributed by atoms with Gasteiger partial charge in [0.15, 0.2) is 0 Å². The van der Waals surface area contributed by atoms with Gasteiger partial charge in [0, 0.05) is 7.11 Å². The summed E-state index contributed by atoms with van der Waals surface area (Å²) >= 11 is 10.6. The lowest BCUT2D eigenvalue weighted by molar-refractivity contribution is 0.162. The predicted octanol–water partition coefficient (Wildman–Crippen LogP) is 4.63. The number of phosphoric ester groups is 1. The van der Waals surface area contributed by atoms with Crippen molar-refractivity contribution >= 4 is 31.0 Å². The van der Waals surface area contributed by atoms with Crippen LogP contribution < -0.4 is 0 Å². The summed E-state index contributed by atoms with van der Waals surface area (Å²) in [7, 11) is -2.31. The summed E-state index contributed by atoms with van der Waals surface area (Å²) in [6.07, 6.45) is 5.01. The van der Waals surface area contributed by atoms with Crippen LogP contribution in [0.1, 0.15) is 32.6 Å². The molecule has 1 atom stereocenters. The van der Waals surface area contributed by atoms with Crippen LogP contribution in [0.25, 0.3) is 0 Å². The monoisotopic (exact) mass is 290 g/mol. The van der Waals surface area contributed by atoms with Crippen molar-refractivity contribution in [3.05, 3.63) is 10.8 Å². The number of hydrogen-bond acceptors (Lipinski definition) is 4. The Labute approximate surface area is 106 Å². The molecule has 0 aromatic rings. The third-order valence-corrected chi connectivity index (χ3v) is 3.23. The van der Waals surface area contributed by atoms with Crippen molar-refractivity contribution in [2.45, 2.75) is 32.6 Å². The molecule has 0 saturated carbocycles. The van der Waals surface area contributed by atoms with E-state index < -0.39 is 7.82 Å². The molecule has 16 heavy (non-hydrogen) atoms. The molecule has 0 aliphatic carbocycles. The number of rotatable bonds is 9. The lowest BCUT2D eigenvalue weighted by atomic mass is 10.2. The van der Waals surface area contributed by atoms with Gasteiger partial charge in [-0.1, -0.05) is 49.4 Å². The van der Waals surface area contributed by atoms with E-state index in [2.05, 4.69) is 11.4 Å². The SMILES string of the molecule is CCCCCCOP(=O)(OC)OC=C(Cl)Cl. The van der Waals surface area contributed by atoms with E-state index in [0.717, 1.165) is 31.9 Å². The molecule has 0 radical (unpaired) electrons. The maximum Gasteiger partial charge on any atom is 0.529 e. The summed E-state index contributed by atoms with van der Waals surface area (Å²) in [5.74, 6) is 0. The van der Waals surface area contributed by atoms with E-state index in [0.29, 0.717) is 6.61 Å². The average Bonchev–Trinajstić information content (AvgIpc) is 2.26. The maximum absolute atomic E-state index is 11.7. The highest BCUT2D eigenvalue weighted by atomic mass is 35.5. The molecule has 96 valence electrons.